The lowest BCUT2D eigenvalue weighted by molar-refractivity contribution is -0.136. The fourth-order valence-corrected chi connectivity index (χ4v) is 1.80. The Kier molecular flexibility index (Phi) is 3.59. The summed E-state index contributed by atoms with van der Waals surface area (Å²) >= 11 is 0. The van der Waals surface area contributed by atoms with Gasteiger partial charge in [0.2, 0.25) is 6.79 Å². The van der Waals surface area contributed by atoms with E-state index in [1.165, 1.54) is 18.2 Å². The van der Waals surface area contributed by atoms with E-state index in [1.807, 2.05) is 0 Å². The monoisotopic (exact) mass is 290 g/mol. The molecule has 2 aromatic carbocycles. The van der Waals surface area contributed by atoms with Crippen LogP contribution in [0, 0.1) is 5.82 Å². The molecule has 6 heteroatoms. The van der Waals surface area contributed by atoms with Crippen molar-refractivity contribution in [1.29, 1.82) is 0 Å². The number of ether oxygens (including phenoxy) is 4. The van der Waals surface area contributed by atoms with Crippen LogP contribution in [0.5, 0.6) is 23.0 Å². The molecule has 1 aliphatic rings. The van der Waals surface area contributed by atoms with Crippen LogP contribution in [-0.4, -0.2) is 19.4 Å². The molecule has 0 fully saturated rings. The van der Waals surface area contributed by atoms with Gasteiger partial charge in [0.15, 0.2) is 18.1 Å². The standard InChI is InChI=1S/C15H11FO5/c16-10-2-1-3-11(6-10)18-8-15(17)21-12-4-5-13-14(7-12)20-9-19-13/h1-7H,8-9H2. The molecule has 3 rings (SSSR count). The number of hydrogen-bond acceptors (Lipinski definition) is 5. The van der Waals surface area contributed by atoms with Crippen LogP contribution in [0.25, 0.3) is 0 Å². The van der Waals surface area contributed by atoms with Crippen LogP contribution < -0.4 is 18.9 Å². The van der Waals surface area contributed by atoms with E-state index in [0.29, 0.717) is 17.2 Å². The molecule has 0 saturated carbocycles. The van der Waals surface area contributed by atoms with Crippen LogP contribution >= 0.6 is 0 Å². The maximum Gasteiger partial charge on any atom is 0.349 e. The summed E-state index contributed by atoms with van der Waals surface area (Å²) in [4.78, 5) is 11.7. The highest BCUT2D eigenvalue weighted by Gasteiger charge is 2.15. The van der Waals surface area contributed by atoms with E-state index in [1.54, 1.807) is 24.3 Å². The Balaban J connectivity index is 1.57. The molecule has 0 atom stereocenters. The first-order chi connectivity index (χ1) is 10.2. The van der Waals surface area contributed by atoms with Gasteiger partial charge >= 0.3 is 5.97 Å². The van der Waals surface area contributed by atoms with Gasteiger partial charge in [-0.2, -0.15) is 0 Å². The van der Waals surface area contributed by atoms with Gasteiger partial charge in [-0.1, -0.05) is 6.07 Å². The summed E-state index contributed by atoms with van der Waals surface area (Å²) in [6.07, 6.45) is 0. The third-order valence-electron chi connectivity index (χ3n) is 2.73. The Morgan fingerprint density at radius 2 is 1.95 bits per heavy atom. The molecular formula is C15H11FO5. The van der Waals surface area contributed by atoms with Gasteiger partial charge < -0.3 is 18.9 Å². The van der Waals surface area contributed by atoms with Crippen molar-refractivity contribution < 1.29 is 28.1 Å². The molecule has 0 bridgehead atoms. The van der Waals surface area contributed by atoms with Gasteiger partial charge in [-0.25, -0.2) is 9.18 Å². The van der Waals surface area contributed by atoms with Crippen molar-refractivity contribution in [3.8, 4) is 23.0 Å². The van der Waals surface area contributed by atoms with E-state index in [2.05, 4.69) is 0 Å². The van der Waals surface area contributed by atoms with E-state index >= 15 is 0 Å². The minimum absolute atomic E-state index is 0.148. The van der Waals surface area contributed by atoms with Crippen LogP contribution in [0.3, 0.4) is 0 Å². The zero-order valence-corrected chi connectivity index (χ0v) is 10.9. The van der Waals surface area contributed by atoms with Gasteiger partial charge in [0.05, 0.1) is 0 Å². The Bertz CT molecular complexity index is 671. The summed E-state index contributed by atoms with van der Waals surface area (Å²) < 4.78 is 33.5. The number of halogens is 1. The first-order valence-electron chi connectivity index (χ1n) is 6.19. The molecule has 1 aliphatic heterocycles. The second-order valence-electron chi connectivity index (χ2n) is 4.24. The average Bonchev–Trinajstić information content (AvgIpc) is 2.93. The van der Waals surface area contributed by atoms with Crippen molar-refractivity contribution >= 4 is 5.97 Å². The third kappa shape index (κ3) is 3.22. The number of carbonyl (C=O) groups excluding carboxylic acids is 1. The fraction of sp³-hybridized carbons (Fsp3) is 0.133. The highest BCUT2D eigenvalue weighted by atomic mass is 19.1. The van der Waals surface area contributed by atoms with Gasteiger partial charge in [-0.15, -0.1) is 0 Å². The van der Waals surface area contributed by atoms with Crippen LogP contribution in [0.4, 0.5) is 4.39 Å². The maximum absolute atomic E-state index is 12.9. The lowest BCUT2D eigenvalue weighted by atomic mass is 10.3. The largest absolute Gasteiger partial charge is 0.482 e. The molecule has 0 aliphatic carbocycles. The van der Waals surface area contributed by atoms with Crippen LogP contribution in [0.2, 0.25) is 0 Å². The molecule has 21 heavy (non-hydrogen) atoms. The number of carbonyl (C=O) groups is 1. The van der Waals surface area contributed by atoms with E-state index in [9.17, 15) is 9.18 Å². The summed E-state index contributed by atoms with van der Waals surface area (Å²) in [6, 6.07) is 10.3. The number of esters is 1. The summed E-state index contributed by atoms with van der Waals surface area (Å²) in [6.45, 7) is -0.173. The second kappa shape index (κ2) is 5.70. The zero-order chi connectivity index (χ0) is 14.7. The minimum atomic E-state index is -0.599. The topological polar surface area (TPSA) is 54.0 Å². The van der Waals surface area contributed by atoms with Crippen molar-refractivity contribution in [2.75, 3.05) is 13.4 Å². The fourth-order valence-electron chi connectivity index (χ4n) is 1.80. The second-order valence-corrected chi connectivity index (χ2v) is 4.24. The van der Waals surface area contributed by atoms with Crippen molar-refractivity contribution in [2.24, 2.45) is 0 Å². The molecule has 0 spiro atoms. The van der Waals surface area contributed by atoms with Crippen LogP contribution in [0.15, 0.2) is 42.5 Å². The molecule has 2 aromatic rings. The highest BCUT2D eigenvalue weighted by molar-refractivity contribution is 5.74. The molecule has 1 heterocycles. The van der Waals surface area contributed by atoms with Crippen molar-refractivity contribution in [3.05, 3.63) is 48.3 Å². The Hall–Kier alpha value is -2.76. The average molecular weight is 290 g/mol. The van der Waals surface area contributed by atoms with Crippen LogP contribution in [0.1, 0.15) is 0 Å². The van der Waals surface area contributed by atoms with Crippen LogP contribution in [-0.2, 0) is 4.79 Å². The quantitative estimate of drug-likeness (QED) is 0.640. The molecule has 108 valence electrons. The Morgan fingerprint density at radius 1 is 1.10 bits per heavy atom. The smallest absolute Gasteiger partial charge is 0.349 e. The first kappa shape index (κ1) is 13.2. The first-order valence-corrected chi connectivity index (χ1v) is 6.19. The number of rotatable bonds is 4. The lowest BCUT2D eigenvalue weighted by Crippen LogP contribution is -2.17. The minimum Gasteiger partial charge on any atom is -0.482 e. The zero-order valence-electron chi connectivity index (χ0n) is 10.9. The molecule has 0 aromatic heterocycles. The van der Waals surface area contributed by atoms with Gasteiger partial charge in [0, 0.05) is 12.1 Å². The third-order valence-corrected chi connectivity index (χ3v) is 2.73. The summed E-state index contributed by atoms with van der Waals surface area (Å²) in [5.74, 6) is 0.677. The normalized spacial score (nSPS) is 12.0. The number of hydrogen-bond donors (Lipinski definition) is 0. The Morgan fingerprint density at radius 3 is 2.81 bits per heavy atom. The molecule has 0 radical (unpaired) electrons. The molecule has 0 amide bonds. The summed E-state index contributed by atoms with van der Waals surface area (Å²) in [5, 5.41) is 0. The van der Waals surface area contributed by atoms with Crippen molar-refractivity contribution in [3.63, 3.8) is 0 Å². The van der Waals surface area contributed by atoms with Gasteiger partial charge in [-0.3, -0.25) is 0 Å². The maximum atomic E-state index is 12.9. The Labute approximate surface area is 119 Å². The van der Waals surface area contributed by atoms with Crippen molar-refractivity contribution in [1.82, 2.24) is 0 Å². The van der Waals surface area contributed by atoms with Gasteiger partial charge in [0.25, 0.3) is 0 Å². The number of benzene rings is 2. The van der Waals surface area contributed by atoms with Gasteiger partial charge in [0.1, 0.15) is 17.3 Å². The van der Waals surface area contributed by atoms with Gasteiger partial charge in [-0.05, 0) is 24.3 Å². The molecule has 0 unspecified atom stereocenters. The number of fused-ring (bicyclic) bond motifs is 1. The van der Waals surface area contributed by atoms with E-state index < -0.39 is 11.8 Å². The SMILES string of the molecule is O=C(COc1cccc(F)c1)Oc1ccc2c(c1)OCO2. The summed E-state index contributed by atoms with van der Waals surface area (Å²) in [5.41, 5.74) is 0. The molecular weight excluding hydrogens is 279 g/mol. The molecule has 0 saturated heterocycles. The predicted molar refractivity (Wildman–Crippen MR) is 70.1 cm³/mol. The van der Waals surface area contributed by atoms with E-state index in [0.717, 1.165) is 0 Å². The molecule has 0 N–H and O–H groups in total. The van der Waals surface area contributed by atoms with Crippen molar-refractivity contribution in [2.45, 2.75) is 0 Å². The summed E-state index contributed by atoms with van der Waals surface area (Å²) in [7, 11) is 0. The molecule has 5 nitrogen and oxygen atoms in total. The lowest BCUT2D eigenvalue weighted by Gasteiger charge is -2.07. The predicted octanol–water partition coefficient (Wildman–Crippen LogP) is 2.54. The van der Waals surface area contributed by atoms with E-state index in [4.69, 9.17) is 18.9 Å². The highest BCUT2D eigenvalue weighted by Crippen LogP contribution is 2.35. The van der Waals surface area contributed by atoms with E-state index in [-0.39, 0.29) is 19.1 Å².